The van der Waals surface area contributed by atoms with Crippen molar-refractivity contribution in [2.24, 2.45) is 0 Å². The molecule has 0 saturated carbocycles. The average Bonchev–Trinajstić information content (AvgIpc) is 0.722. The molecule has 0 aliphatic heterocycles. The summed E-state index contributed by atoms with van der Waals surface area (Å²) in [6.07, 6.45) is 0. The van der Waals surface area contributed by atoms with E-state index in [0.717, 1.165) is 0 Å². The van der Waals surface area contributed by atoms with Crippen LogP contribution in [0, 0.1) is 0 Å². The van der Waals surface area contributed by atoms with Crippen LogP contribution in [0.25, 0.3) is 0 Å². The number of rotatable bonds is 0. The van der Waals surface area contributed by atoms with Crippen molar-refractivity contribution in [1.29, 1.82) is 0 Å². The Morgan fingerprint density at radius 3 is 1.14 bits per heavy atom. The van der Waals surface area contributed by atoms with Crippen LogP contribution in [0.15, 0.2) is 0 Å². The van der Waals surface area contributed by atoms with Crippen molar-refractivity contribution in [3.8, 4) is 0 Å². The van der Waals surface area contributed by atoms with Crippen LogP contribution in [0.1, 0.15) is 0 Å². The maximum absolute atomic E-state index is 8.58. The zero-order chi connectivity index (χ0) is 4.50. The van der Waals surface area contributed by atoms with Crippen LogP contribution in [0.3, 0.4) is 0 Å². The molecule has 0 aromatic carbocycles. The van der Waals surface area contributed by atoms with E-state index in [2.05, 4.69) is 0 Å². The summed E-state index contributed by atoms with van der Waals surface area (Å²) in [7, 11) is 0. The quantitative estimate of drug-likeness (QED) is 0.380. The molecule has 39 valence electrons. The molecular weight excluding hydrogens is 213 g/mol. The standard InChI is InChI=1S/K.2Mn.4O/q+1;;;;;;-1. The fourth-order valence-electron chi connectivity index (χ4n) is 0. The zero-order valence-electron chi connectivity index (χ0n) is 3.39. The van der Waals surface area contributed by atoms with Crippen molar-refractivity contribution in [2.75, 3.05) is 0 Å². The van der Waals surface area contributed by atoms with Crippen molar-refractivity contribution in [2.45, 2.75) is 0 Å². The minimum absolute atomic E-state index is 0. The molecular formula is KMn2O4. The molecule has 0 aromatic rings. The Bertz CT molecular complexity index is 131. The molecule has 0 rings (SSSR count). The summed E-state index contributed by atoms with van der Waals surface area (Å²) < 4.78 is 34.3. The van der Waals surface area contributed by atoms with Gasteiger partial charge < -0.3 is 0 Å². The molecule has 0 atom stereocenters. The molecule has 0 aliphatic carbocycles. The summed E-state index contributed by atoms with van der Waals surface area (Å²) >= 11 is -5.62. The molecule has 0 bridgehead atoms. The van der Waals surface area contributed by atoms with Gasteiger partial charge in [-0.3, -0.25) is 0 Å². The minimum atomic E-state index is -5.62. The van der Waals surface area contributed by atoms with Crippen molar-refractivity contribution in [3.05, 3.63) is 0 Å². The van der Waals surface area contributed by atoms with Gasteiger partial charge >= 0.3 is 80.0 Å². The first-order valence-electron chi connectivity index (χ1n) is 0.617. The third-order valence-corrected chi connectivity index (χ3v) is 0. The molecule has 1 radical (unpaired) electrons. The van der Waals surface area contributed by atoms with Gasteiger partial charge in [-0.15, -0.1) is 0 Å². The molecule has 7 heavy (non-hydrogen) atoms. The Morgan fingerprint density at radius 2 is 1.14 bits per heavy atom. The van der Waals surface area contributed by atoms with Gasteiger partial charge in [0.15, 0.2) is 0 Å². The molecule has 0 N–H and O–H groups in total. The Hall–Kier alpha value is 2.04. The second-order valence-electron chi connectivity index (χ2n) is 0.378. The molecule has 0 aliphatic rings. The summed E-state index contributed by atoms with van der Waals surface area (Å²) in [4.78, 5) is 0. The van der Waals surface area contributed by atoms with Gasteiger partial charge in [0.25, 0.3) is 0 Å². The Labute approximate surface area is 95.1 Å². The second-order valence-corrected chi connectivity index (χ2v) is 1.56. The van der Waals surface area contributed by atoms with E-state index >= 15 is 0 Å². The van der Waals surface area contributed by atoms with E-state index in [1.165, 1.54) is 0 Å². The van der Waals surface area contributed by atoms with E-state index in [4.69, 9.17) is 15.7 Å². The van der Waals surface area contributed by atoms with Crippen LogP contribution in [0.4, 0.5) is 0 Å². The normalized spacial score (nSPS) is 8.14. The van der Waals surface area contributed by atoms with E-state index < -0.39 is 13.0 Å². The Balaban J connectivity index is -0.0000000800. The van der Waals surface area contributed by atoms with Crippen LogP contribution >= 0.6 is 0 Å². The van der Waals surface area contributed by atoms with Crippen molar-refractivity contribution in [3.63, 3.8) is 0 Å². The molecule has 0 aromatic heterocycles. The Kier molecular flexibility index (Phi) is 14.1. The first-order valence-corrected chi connectivity index (χ1v) is 2.54. The van der Waals surface area contributed by atoms with Gasteiger partial charge in [-0.1, -0.05) is 0 Å². The van der Waals surface area contributed by atoms with E-state index in [1.54, 1.807) is 0 Å². The summed E-state index contributed by atoms with van der Waals surface area (Å²) in [5, 5.41) is 0. The first kappa shape index (κ1) is 16.0. The van der Waals surface area contributed by atoms with Crippen LogP contribution in [0.2, 0.25) is 0 Å². The molecule has 0 heterocycles. The topological polar surface area (TPSA) is 74.3 Å². The molecule has 0 saturated heterocycles. The fraction of sp³-hybridized carbons (Fsp3) is 0. The van der Waals surface area contributed by atoms with Crippen molar-refractivity contribution < 1.29 is 97.1 Å². The predicted molar refractivity (Wildman–Crippen MR) is 2.06 cm³/mol. The first-order chi connectivity index (χ1) is 2.00. The van der Waals surface area contributed by atoms with Gasteiger partial charge in [0.05, 0.1) is 0 Å². The van der Waals surface area contributed by atoms with Crippen molar-refractivity contribution >= 4 is 0 Å². The van der Waals surface area contributed by atoms with Gasteiger partial charge in [-0.05, 0) is 0 Å². The number of hydrogen-bond acceptors (Lipinski definition) is 4. The summed E-state index contributed by atoms with van der Waals surface area (Å²) in [6, 6.07) is 0. The molecule has 0 amide bonds. The van der Waals surface area contributed by atoms with Gasteiger partial charge in [-0.25, -0.2) is 0 Å². The summed E-state index contributed by atoms with van der Waals surface area (Å²) in [6.45, 7) is 0. The summed E-state index contributed by atoms with van der Waals surface area (Å²) in [5.41, 5.74) is 0. The van der Waals surface area contributed by atoms with E-state index in [9.17, 15) is 0 Å². The maximum atomic E-state index is 8.58. The van der Waals surface area contributed by atoms with Gasteiger partial charge in [0.1, 0.15) is 0 Å². The predicted octanol–water partition coefficient (Wildman–Crippen LogP) is -4.55. The summed E-state index contributed by atoms with van der Waals surface area (Å²) in [5.74, 6) is 0. The third-order valence-electron chi connectivity index (χ3n) is 0. The third kappa shape index (κ3) is 70.7. The fourth-order valence-corrected chi connectivity index (χ4v) is 0. The molecule has 7 heteroatoms. The van der Waals surface area contributed by atoms with E-state index in [1.807, 2.05) is 0 Å². The monoisotopic (exact) mass is 213 g/mol. The van der Waals surface area contributed by atoms with Gasteiger partial charge in [0, 0.05) is 17.1 Å². The van der Waals surface area contributed by atoms with E-state index in [0.29, 0.717) is 0 Å². The van der Waals surface area contributed by atoms with Crippen molar-refractivity contribution in [1.82, 2.24) is 0 Å². The molecule has 0 spiro atoms. The molecule has 0 unspecified atom stereocenters. The average molecular weight is 213 g/mol. The van der Waals surface area contributed by atoms with Crippen LogP contribution < -0.4 is 55.6 Å². The molecule has 0 fully saturated rings. The van der Waals surface area contributed by atoms with Crippen LogP contribution in [0.5, 0.6) is 0 Å². The molecule has 4 nitrogen and oxygen atoms in total. The van der Waals surface area contributed by atoms with Crippen LogP contribution in [-0.2, 0) is 41.5 Å². The van der Waals surface area contributed by atoms with Gasteiger partial charge in [0.2, 0.25) is 0 Å². The van der Waals surface area contributed by atoms with Crippen LogP contribution in [-0.4, -0.2) is 0 Å². The Morgan fingerprint density at radius 1 is 1.14 bits per heavy atom. The zero-order valence-corrected chi connectivity index (χ0v) is 8.87. The number of hydrogen-bond donors (Lipinski definition) is 0. The van der Waals surface area contributed by atoms with Gasteiger partial charge in [-0.2, -0.15) is 0 Å². The SMILES string of the molecule is [K+].[Mn].[O]=[Mn](=[O])(=[O])[O-]. The van der Waals surface area contributed by atoms with E-state index in [-0.39, 0.29) is 68.5 Å². The second kappa shape index (κ2) is 6.16.